The zero-order chi connectivity index (χ0) is 13.7. The van der Waals surface area contributed by atoms with Gasteiger partial charge >= 0.3 is 0 Å². The summed E-state index contributed by atoms with van der Waals surface area (Å²) in [6.45, 7) is 2.90. The van der Waals surface area contributed by atoms with Crippen molar-refractivity contribution >= 4 is 5.91 Å². The fraction of sp³-hybridized carbons (Fsp3) is 0.533. The second-order valence-corrected chi connectivity index (χ2v) is 5.24. The lowest BCUT2D eigenvalue weighted by Gasteiger charge is -2.24. The topological polar surface area (TPSA) is 41.1 Å². The minimum Gasteiger partial charge on any atom is -0.352 e. The molecule has 1 aliphatic rings. The third-order valence-electron chi connectivity index (χ3n) is 3.47. The molecule has 0 spiro atoms. The predicted octanol–water partition coefficient (Wildman–Crippen LogP) is 2.02. The lowest BCUT2D eigenvalue weighted by Crippen LogP contribution is -2.49. The molecule has 2 atom stereocenters. The van der Waals surface area contributed by atoms with Crippen LogP contribution >= 0.6 is 0 Å². The number of hydrogen-bond acceptors (Lipinski definition) is 2. The van der Waals surface area contributed by atoms with Crippen molar-refractivity contribution in [3.63, 3.8) is 0 Å². The number of amides is 1. The molecule has 104 valence electrons. The SMILES string of the molecule is CC(Cc1ccc(F)cc1)NC(=O)C1CCCCN1. The van der Waals surface area contributed by atoms with E-state index in [-0.39, 0.29) is 23.8 Å². The lowest BCUT2D eigenvalue weighted by molar-refractivity contribution is -0.124. The molecule has 19 heavy (non-hydrogen) atoms. The van der Waals surface area contributed by atoms with Gasteiger partial charge in [-0.1, -0.05) is 18.6 Å². The predicted molar refractivity (Wildman–Crippen MR) is 73.4 cm³/mol. The van der Waals surface area contributed by atoms with E-state index in [1.165, 1.54) is 12.1 Å². The van der Waals surface area contributed by atoms with Gasteiger partial charge in [0.05, 0.1) is 6.04 Å². The van der Waals surface area contributed by atoms with Gasteiger partial charge in [-0.2, -0.15) is 0 Å². The fourth-order valence-corrected chi connectivity index (χ4v) is 2.44. The van der Waals surface area contributed by atoms with Crippen LogP contribution in [0.25, 0.3) is 0 Å². The first-order valence-electron chi connectivity index (χ1n) is 6.93. The molecule has 0 aliphatic carbocycles. The van der Waals surface area contributed by atoms with E-state index in [1.54, 1.807) is 12.1 Å². The van der Waals surface area contributed by atoms with Crippen LogP contribution in [0.2, 0.25) is 0 Å². The van der Waals surface area contributed by atoms with Crippen LogP contribution in [0, 0.1) is 5.82 Å². The molecule has 0 radical (unpaired) electrons. The average molecular weight is 264 g/mol. The van der Waals surface area contributed by atoms with E-state index in [4.69, 9.17) is 0 Å². The summed E-state index contributed by atoms with van der Waals surface area (Å²) in [5, 5.41) is 6.25. The van der Waals surface area contributed by atoms with E-state index in [2.05, 4.69) is 10.6 Å². The Kier molecular flexibility index (Phi) is 4.91. The van der Waals surface area contributed by atoms with Crippen molar-refractivity contribution in [2.24, 2.45) is 0 Å². The monoisotopic (exact) mass is 264 g/mol. The number of benzene rings is 1. The van der Waals surface area contributed by atoms with E-state index < -0.39 is 0 Å². The number of hydrogen-bond donors (Lipinski definition) is 2. The van der Waals surface area contributed by atoms with Crippen LogP contribution in [0.5, 0.6) is 0 Å². The first kappa shape index (κ1) is 14.0. The minimum absolute atomic E-state index is 0.0515. The molecule has 3 nitrogen and oxygen atoms in total. The Bertz CT molecular complexity index is 413. The van der Waals surface area contributed by atoms with Gasteiger partial charge in [-0.15, -0.1) is 0 Å². The molecule has 0 bridgehead atoms. The number of piperidine rings is 1. The molecular formula is C15H21FN2O. The molecule has 1 fully saturated rings. The van der Waals surface area contributed by atoms with Gasteiger partial charge in [0.1, 0.15) is 5.82 Å². The molecule has 0 saturated carbocycles. The lowest BCUT2D eigenvalue weighted by atomic mass is 10.0. The minimum atomic E-state index is -0.230. The highest BCUT2D eigenvalue weighted by Gasteiger charge is 2.21. The Balaban J connectivity index is 1.81. The summed E-state index contributed by atoms with van der Waals surface area (Å²) < 4.78 is 12.8. The third-order valence-corrected chi connectivity index (χ3v) is 3.47. The Morgan fingerprint density at radius 2 is 2.16 bits per heavy atom. The van der Waals surface area contributed by atoms with Gasteiger partial charge in [0, 0.05) is 6.04 Å². The maximum absolute atomic E-state index is 12.8. The highest BCUT2D eigenvalue weighted by atomic mass is 19.1. The first-order valence-corrected chi connectivity index (χ1v) is 6.93. The average Bonchev–Trinajstić information content (AvgIpc) is 2.42. The van der Waals surface area contributed by atoms with Crippen molar-refractivity contribution in [1.82, 2.24) is 10.6 Å². The highest BCUT2D eigenvalue weighted by Crippen LogP contribution is 2.09. The molecule has 2 unspecified atom stereocenters. The Hall–Kier alpha value is -1.42. The molecule has 2 rings (SSSR count). The largest absolute Gasteiger partial charge is 0.352 e. The molecule has 2 N–H and O–H groups in total. The number of nitrogens with one attached hydrogen (secondary N) is 2. The van der Waals surface area contributed by atoms with Gasteiger partial charge in [-0.05, 0) is 50.4 Å². The van der Waals surface area contributed by atoms with Crippen LogP contribution in [0.1, 0.15) is 31.7 Å². The maximum Gasteiger partial charge on any atom is 0.237 e. The molecule has 1 aromatic carbocycles. The summed E-state index contributed by atoms with van der Waals surface area (Å²) in [7, 11) is 0. The van der Waals surface area contributed by atoms with Crippen LogP contribution in [0.4, 0.5) is 4.39 Å². The number of rotatable bonds is 4. The Morgan fingerprint density at radius 1 is 1.42 bits per heavy atom. The quantitative estimate of drug-likeness (QED) is 0.873. The van der Waals surface area contributed by atoms with Crippen LogP contribution in [0.3, 0.4) is 0 Å². The standard InChI is InChI=1S/C15H21FN2O/c1-11(10-12-5-7-13(16)8-6-12)18-15(19)14-4-2-3-9-17-14/h5-8,11,14,17H,2-4,9-10H2,1H3,(H,18,19). The number of halogens is 1. The van der Waals surface area contributed by atoms with E-state index in [0.29, 0.717) is 0 Å². The van der Waals surface area contributed by atoms with Crippen LogP contribution in [0.15, 0.2) is 24.3 Å². The molecule has 1 amide bonds. The van der Waals surface area contributed by atoms with Crippen molar-refractivity contribution in [3.8, 4) is 0 Å². The van der Waals surface area contributed by atoms with Crippen molar-refractivity contribution in [2.45, 2.75) is 44.7 Å². The second-order valence-electron chi connectivity index (χ2n) is 5.24. The summed E-state index contributed by atoms with van der Waals surface area (Å²) in [6.07, 6.45) is 3.89. The molecular weight excluding hydrogens is 243 g/mol. The molecule has 1 aliphatic heterocycles. The first-order chi connectivity index (χ1) is 9.15. The Labute approximate surface area is 113 Å². The van der Waals surface area contributed by atoms with Gasteiger partial charge in [0.25, 0.3) is 0 Å². The highest BCUT2D eigenvalue weighted by molar-refractivity contribution is 5.82. The van der Waals surface area contributed by atoms with Crippen LogP contribution < -0.4 is 10.6 Å². The van der Waals surface area contributed by atoms with E-state index in [9.17, 15) is 9.18 Å². The molecule has 0 aromatic heterocycles. The summed E-state index contributed by atoms with van der Waals surface area (Å²) in [5.74, 6) is -0.152. The van der Waals surface area contributed by atoms with Crippen LogP contribution in [-0.4, -0.2) is 24.5 Å². The van der Waals surface area contributed by atoms with E-state index in [0.717, 1.165) is 37.8 Å². The fourth-order valence-electron chi connectivity index (χ4n) is 2.44. The van der Waals surface area contributed by atoms with Gasteiger partial charge in [0.15, 0.2) is 0 Å². The third kappa shape index (κ3) is 4.31. The van der Waals surface area contributed by atoms with Crippen molar-refractivity contribution in [2.75, 3.05) is 6.54 Å². The second kappa shape index (κ2) is 6.66. The van der Waals surface area contributed by atoms with E-state index >= 15 is 0 Å². The number of carbonyl (C=O) groups excluding carboxylic acids is 1. The number of carbonyl (C=O) groups is 1. The zero-order valence-electron chi connectivity index (χ0n) is 11.3. The molecule has 1 aromatic rings. The van der Waals surface area contributed by atoms with Gasteiger partial charge < -0.3 is 10.6 Å². The van der Waals surface area contributed by atoms with Crippen molar-refractivity contribution < 1.29 is 9.18 Å². The summed E-state index contributed by atoms with van der Waals surface area (Å²) >= 11 is 0. The Morgan fingerprint density at radius 3 is 2.79 bits per heavy atom. The van der Waals surface area contributed by atoms with Gasteiger partial charge in [-0.25, -0.2) is 4.39 Å². The van der Waals surface area contributed by atoms with Gasteiger partial charge in [-0.3, -0.25) is 4.79 Å². The van der Waals surface area contributed by atoms with E-state index in [1.807, 2.05) is 6.92 Å². The van der Waals surface area contributed by atoms with Gasteiger partial charge in [0.2, 0.25) is 5.91 Å². The van der Waals surface area contributed by atoms with Crippen LogP contribution in [-0.2, 0) is 11.2 Å². The zero-order valence-corrected chi connectivity index (χ0v) is 11.3. The summed E-state index contributed by atoms with van der Waals surface area (Å²) in [4.78, 5) is 12.0. The van der Waals surface area contributed by atoms with Crippen molar-refractivity contribution in [3.05, 3.63) is 35.6 Å². The molecule has 1 saturated heterocycles. The summed E-state index contributed by atoms with van der Waals surface area (Å²) in [5.41, 5.74) is 1.03. The molecule has 1 heterocycles. The molecule has 4 heteroatoms. The van der Waals surface area contributed by atoms with Crippen molar-refractivity contribution in [1.29, 1.82) is 0 Å². The smallest absolute Gasteiger partial charge is 0.237 e. The normalized spacial score (nSPS) is 20.8. The maximum atomic E-state index is 12.8. The summed E-state index contributed by atoms with van der Waals surface area (Å²) in [6, 6.07) is 6.43.